The fourth-order valence-corrected chi connectivity index (χ4v) is 1.89. The number of aromatic nitrogens is 2. The quantitative estimate of drug-likeness (QED) is 0.832. The summed E-state index contributed by atoms with van der Waals surface area (Å²) >= 11 is 3.34. The topological polar surface area (TPSA) is 28.7 Å². The van der Waals surface area contributed by atoms with Crippen molar-refractivity contribution in [1.29, 1.82) is 0 Å². The number of benzene rings is 1. The Morgan fingerprint density at radius 1 is 1.43 bits per heavy atom. The van der Waals surface area contributed by atoms with E-state index in [1.54, 1.807) is 6.07 Å². The van der Waals surface area contributed by atoms with Crippen molar-refractivity contribution in [2.24, 2.45) is 0 Å². The van der Waals surface area contributed by atoms with E-state index in [-0.39, 0.29) is 5.82 Å². The normalized spacial score (nSPS) is 10.5. The lowest BCUT2D eigenvalue weighted by Crippen LogP contribution is -1.80. The van der Waals surface area contributed by atoms with Gasteiger partial charge >= 0.3 is 0 Å². The minimum atomic E-state index is -0.255. The number of halogens is 2. The highest BCUT2D eigenvalue weighted by Gasteiger charge is 2.08. The van der Waals surface area contributed by atoms with E-state index in [2.05, 4.69) is 25.9 Å². The van der Waals surface area contributed by atoms with Crippen molar-refractivity contribution in [1.82, 2.24) is 9.97 Å². The number of nitrogens with one attached hydrogen (secondary N) is 1. The van der Waals surface area contributed by atoms with Gasteiger partial charge in [-0.25, -0.2) is 9.37 Å². The molecule has 2 rings (SSSR count). The zero-order chi connectivity index (χ0) is 10.1. The molecular weight excluding hydrogens is 247 g/mol. The molecule has 1 N–H and O–H groups in total. The van der Waals surface area contributed by atoms with Crippen LogP contribution in [0, 0.1) is 12.7 Å². The number of H-pyrrole nitrogens is 1. The smallest absolute Gasteiger partial charge is 0.123 e. The van der Waals surface area contributed by atoms with E-state index in [0.717, 1.165) is 21.7 Å². The molecule has 72 valence electrons. The first kappa shape index (κ1) is 9.40. The van der Waals surface area contributed by atoms with Crippen LogP contribution < -0.4 is 0 Å². The fraction of sp³-hybridized carbons (Fsp3) is 0.100. The Morgan fingerprint density at radius 3 is 2.79 bits per heavy atom. The van der Waals surface area contributed by atoms with Gasteiger partial charge in [0.1, 0.15) is 21.9 Å². The molecule has 0 radical (unpaired) electrons. The number of imidazole rings is 1. The standard InChI is InChI=1S/C10H8BrFN2/c1-6-13-9(10(11)14-6)7-3-2-4-8(12)5-7/h2-5H,1H3,(H,13,14). The molecular formula is C10H8BrFN2. The third-order valence-electron chi connectivity index (χ3n) is 1.88. The Balaban J connectivity index is 2.54. The summed E-state index contributed by atoms with van der Waals surface area (Å²) in [7, 11) is 0. The molecule has 0 aliphatic carbocycles. The first-order chi connectivity index (χ1) is 6.66. The van der Waals surface area contributed by atoms with Crippen molar-refractivity contribution in [2.45, 2.75) is 6.92 Å². The van der Waals surface area contributed by atoms with Crippen molar-refractivity contribution in [3.63, 3.8) is 0 Å². The zero-order valence-corrected chi connectivity index (χ0v) is 9.10. The van der Waals surface area contributed by atoms with Crippen LogP contribution in [0.15, 0.2) is 28.9 Å². The monoisotopic (exact) mass is 254 g/mol. The van der Waals surface area contributed by atoms with Gasteiger partial charge in [-0.1, -0.05) is 12.1 Å². The molecule has 1 aromatic heterocycles. The molecule has 0 unspecified atom stereocenters. The molecule has 0 atom stereocenters. The third kappa shape index (κ3) is 1.70. The van der Waals surface area contributed by atoms with Crippen molar-refractivity contribution >= 4 is 15.9 Å². The molecule has 2 aromatic rings. The fourth-order valence-electron chi connectivity index (χ4n) is 1.29. The maximum Gasteiger partial charge on any atom is 0.123 e. The molecule has 4 heteroatoms. The summed E-state index contributed by atoms with van der Waals surface area (Å²) in [6.45, 7) is 1.85. The molecule has 2 nitrogen and oxygen atoms in total. The highest BCUT2D eigenvalue weighted by Crippen LogP contribution is 2.25. The lowest BCUT2D eigenvalue weighted by molar-refractivity contribution is 0.628. The van der Waals surface area contributed by atoms with Crippen LogP contribution in [0.4, 0.5) is 4.39 Å². The number of aromatic amines is 1. The molecule has 0 saturated heterocycles. The molecule has 0 aliphatic heterocycles. The minimum Gasteiger partial charge on any atom is -0.336 e. The molecule has 0 fully saturated rings. The zero-order valence-electron chi connectivity index (χ0n) is 7.51. The summed E-state index contributed by atoms with van der Waals surface area (Å²) in [5, 5.41) is 0. The number of nitrogens with zero attached hydrogens (tertiary/aromatic N) is 1. The van der Waals surface area contributed by atoms with Gasteiger partial charge in [-0.3, -0.25) is 0 Å². The molecule has 0 aliphatic rings. The first-order valence-corrected chi connectivity index (χ1v) is 4.94. The van der Waals surface area contributed by atoms with Crippen LogP contribution in [0.5, 0.6) is 0 Å². The van der Waals surface area contributed by atoms with Crippen molar-refractivity contribution < 1.29 is 4.39 Å². The van der Waals surface area contributed by atoms with Crippen molar-refractivity contribution in [3.05, 3.63) is 40.5 Å². The van der Waals surface area contributed by atoms with E-state index in [0.29, 0.717) is 0 Å². The van der Waals surface area contributed by atoms with Crippen molar-refractivity contribution in [3.8, 4) is 11.3 Å². The average molecular weight is 255 g/mol. The molecule has 0 amide bonds. The summed E-state index contributed by atoms with van der Waals surface area (Å²) in [6, 6.07) is 6.36. The van der Waals surface area contributed by atoms with E-state index in [1.165, 1.54) is 12.1 Å². The van der Waals surface area contributed by atoms with Crippen LogP contribution in [0.2, 0.25) is 0 Å². The second-order valence-electron chi connectivity index (χ2n) is 3.00. The molecule has 1 aromatic carbocycles. The van der Waals surface area contributed by atoms with E-state index in [1.807, 2.05) is 13.0 Å². The SMILES string of the molecule is Cc1nc(-c2cccc(F)c2)c(Br)[nH]1. The third-order valence-corrected chi connectivity index (χ3v) is 2.45. The van der Waals surface area contributed by atoms with Gasteiger partial charge in [0.2, 0.25) is 0 Å². The maximum absolute atomic E-state index is 12.9. The molecule has 0 spiro atoms. The summed E-state index contributed by atoms with van der Waals surface area (Å²) in [6.07, 6.45) is 0. The minimum absolute atomic E-state index is 0.255. The second-order valence-corrected chi connectivity index (χ2v) is 3.79. The largest absolute Gasteiger partial charge is 0.336 e. The highest BCUT2D eigenvalue weighted by molar-refractivity contribution is 9.10. The number of aryl methyl sites for hydroxylation is 1. The average Bonchev–Trinajstić information content (AvgIpc) is 2.45. The summed E-state index contributed by atoms with van der Waals surface area (Å²) in [5.41, 5.74) is 1.50. The van der Waals surface area contributed by atoms with Crippen LogP contribution >= 0.6 is 15.9 Å². The van der Waals surface area contributed by atoms with E-state index >= 15 is 0 Å². The highest BCUT2D eigenvalue weighted by atomic mass is 79.9. The Kier molecular flexibility index (Phi) is 2.37. The van der Waals surface area contributed by atoms with Gasteiger partial charge in [-0.15, -0.1) is 0 Å². The molecule has 14 heavy (non-hydrogen) atoms. The summed E-state index contributed by atoms with van der Waals surface area (Å²) in [5.74, 6) is 0.547. The maximum atomic E-state index is 12.9. The van der Waals surface area contributed by atoms with Crippen LogP contribution in [0.3, 0.4) is 0 Å². The van der Waals surface area contributed by atoms with Crippen LogP contribution in [-0.2, 0) is 0 Å². The predicted molar refractivity (Wildman–Crippen MR) is 56.4 cm³/mol. The van der Waals surface area contributed by atoms with Gasteiger partial charge in [-0.2, -0.15) is 0 Å². The molecule has 1 heterocycles. The molecule has 0 bridgehead atoms. The first-order valence-electron chi connectivity index (χ1n) is 4.15. The van der Waals surface area contributed by atoms with Gasteiger partial charge in [0, 0.05) is 5.56 Å². The van der Waals surface area contributed by atoms with Crippen LogP contribution in [0.1, 0.15) is 5.82 Å². The Bertz CT molecular complexity index is 465. The van der Waals surface area contributed by atoms with E-state index < -0.39 is 0 Å². The second kappa shape index (κ2) is 3.53. The number of hydrogen-bond donors (Lipinski definition) is 1. The van der Waals surface area contributed by atoms with Crippen molar-refractivity contribution in [2.75, 3.05) is 0 Å². The summed E-state index contributed by atoms with van der Waals surface area (Å²) < 4.78 is 13.7. The Morgan fingerprint density at radius 2 is 2.21 bits per heavy atom. The van der Waals surface area contributed by atoms with Gasteiger partial charge in [-0.05, 0) is 35.0 Å². The van der Waals surface area contributed by atoms with Gasteiger partial charge in [0.05, 0.1) is 0 Å². The Labute approximate surface area is 89.3 Å². The predicted octanol–water partition coefficient (Wildman–Crippen LogP) is 3.29. The molecule has 0 saturated carbocycles. The lowest BCUT2D eigenvalue weighted by atomic mass is 10.2. The summed E-state index contributed by atoms with van der Waals surface area (Å²) in [4.78, 5) is 7.26. The van der Waals surface area contributed by atoms with Crippen LogP contribution in [-0.4, -0.2) is 9.97 Å². The Hall–Kier alpha value is -1.16. The van der Waals surface area contributed by atoms with E-state index in [4.69, 9.17) is 0 Å². The van der Waals surface area contributed by atoms with Crippen LogP contribution in [0.25, 0.3) is 11.3 Å². The number of rotatable bonds is 1. The lowest BCUT2D eigenvalue weighted by Gasteiger charge is -1.96. The van der Waals surface area contributed by atoms with E-state index in [9.17, 15) is 4.39 Å². The van der Waals surface area contributed by atoms with Gasteiger partial charge in [0.15, 0.2) is 0 Å². The van der Waals surface area contributed by atoms with Gasteiger partial charge in [0.25, 0.3) is 0 Å². The van der Waals surface area contributed by atoms with Gasteiger partial charge < -0.3 is 4.98 Å². The number of hydrogen-bond acceptors (Lipinski definition) is 1.